The van der Waals surface area contributed by atoms with Gasteiger partial charge in [-0.2, -0.15) is 0 Å². The van der Waals surface area contributed by atoms with Crippen molar-refractivity contribution in [3.63, 3.8) is 0 Å². The van der Waals surface area contributed by atoms with Gasteiger partial charge in [0.1, 0.15) is 11.4 Å². The molecule has 0 spiro atoms. The highest BCUT2D eigenvalue weighted by atomic mass is 16.5. The fourth-order valence-corrected chi connectivity index (χ4v) is 4.51. The molecule has 4 rings (SSSR count). The first-order valence-corrected chi connectivity index (χ1v) is 12.5. The maximum absolute atomic E-state index is 13.4. The van der Waals surface area contributed by atoms with Gasteiger partial charge in [0.25, 0.3) is 6.47 Å². The zero-order valence-corrected chi connectivity index (χ0v) is 21.1. The summed E-state index contributed by atoms with van der Waals surface area (Å²) in [5, 5.41) is 4.91. The fraction of sp³-hybridized carbons (Fsp3) is 0.407. The monoisotopic (exact) mass is 509 g/mol. The lowest BCUT2D eigenvalue weighted by Gasteiger charge is -2.28. The van der Waals surface area contributed by atoms with Gasteiger partial charge in [-0.1, -0.05) is 30.3 Å². The van der Waals surface area contributed by atoms with Gasteiger partial charge in [-0.3, -0.25) is 4.79 Å². The van der Waals surface area contributed by atoms with Gasteiger partial charge in [0.05, 0.1) is 49.8 Å². The van der Waals surface area contributed by atoms with E-state index in [1.54, 1.807) is 18.4 Å². The third-order valence-electron chi connectivity index (χ3n) is 6.10. The molecule has 37 heavy (non-hydrogen) atoms. The average Bonchev–Trinajstić information content (AvgIpc) is 3.26. The zero-order chi connectivity index (χ0) is 26.2. The molecule has 1 aliphatic heterocycles. The van der Waals surface area contributed by atoms with Gasteiger partial charge in [0.2, 0.25) is 0 Å². The number of carbonyl (C=O) groups excluding carboxylic acids is 3. The summed E-state index contributed by atoms with van der Waals surface area (Å²) in [5.41, 5.74) is 2.80. The minimum absolute atomic E-state index is 0.117. The number of rotatable bonds is 11. The number of esters is 2. The summed E-state index contributed by atoms with van der Waals surface area (Å²) in [5.74, 6) is -0.563. The van der Waals surface area contributed by atoms with Crippen LogP contribution < -0.4 is 4.90 Å². The molecule has 0 bridgehead atoms. The first-order chi connectivity index (χ1) is 18.1. The van der Waals surface area contributed by atoms with Crippen molar-refractivity contribution in [2.24, 2.45) is 0 Å². The quantitative estimate of drug-likeness (QED) is 0.166. The Morgan fingerprint density at radius 2 is 1.70 bits per heavy atom. The Balaban J connectivity index is 2.04. The molecule has 1 aliphatic rings. The molecule has 10 nitrogen and oxygen atoms in total. The number of morpholine rings is 1. The molecule has 0 unspecified atom stereocenters. The molecule has 0 atom stereocenters. The van der Waals surface area contributed by atoms with Crippen LogP contribution in [-0.2, 0) is 30.2 Å². The largest absolute Gasteiger partial charge is 0.468 e. The van der Waals surface area contributed by atoms with Crippen LogP contribution in [0.2, 0.25) is 0 Å². The summed E-state index contributed by atoms with van der Waals surface area (Å²) in [6.45, 7) is 6.70. The maximum atomic E-state index is 13.4. The van der Waals surface area contributed by atoms with Gasteiger partial charge in [-0.25, -0.2) is 14.1 Å². The van der Waals surface area contributed by atoms with E-state index in [0.29, 0.717) is 62.6 Å². The number of hydrogen-bond donors (Lipinski definition) is 0. The number of anilines is 1. The standard InChI is InChI=1S/C27H31N3O7/c1-3-36-26(32)23-21(11-8-14-35-18-31)30-25(24(23)27(33)37-4-2)20(19-9-6-5-7-10-19)17-22(28-30)29-12-15-34-16-13-29/h5-7,9-10,17-18H,3-4,8,11-16H2,1-2H3. The van der Waals surface area contributed by atoms with Gasteiger partial charge < -0.3 is 23.8 Å². The first-order valence-electron chi connectivity index (χ1n) is 12.5. The SMILES string of the molecule is CCOC(=O)c1c(C(=O)OCC)c2c(-c3ccccc3)cc(N3CCOCC3)nn2c1CCCOC=O. The average molecular weight is 510 g/mol. The van der Waals surface area contributed by atoms with Gasteiger partial charge >= 0.3 is 11.9 Å². The van der Waals surface area contributed by atoms with Crippen LogP contribution in [0.25, 0.3) is 16.6 Å². The number of fused-ring (bicyclic) bond motifs is 1. The number of benzene rings is 1. The molecule has 0 saturated carbocycles. The minimum Gasteiger partial charge on any atom is -0.468 e. The molecule has 10 heteroatoms. The number of ether oxygens (including phenoxy) is 4. The lowest BCUT2D eigenvalue weighted by Crippen LogP contribution is -2.37. The summed E-state index contributed by atoms with van der Waals surface area (Å²) in [4.78, 5) is 39.5. The third-order valence-corrected chi connectivity index (χ3v) is 6.10. The Kier molecular flexibility index (Phi) is 8.73. The van der Waals surface area contributed by atoms with E-state index in [9.17, 15) is 14.4 Å². The van der Waals surface area contributed by atoms with Crippen molar-refractivity contribution in [2.75, 3.05) is 51.0 Å². The third kappa shape index (κ3) is 5.59. The highest BCUT2D eigenvalue weighted by Crippen LogP contribution is 2.36. The van der Waals surface area contributed by atoms with Crippen molar-refractivity contribution in [1.29, 1.82) is 0 Å². The Hall–Kier alpha value is -3.92. The molecule has 196 valence electrons. The van der Waals surface area contributed by atoms with E-state index in [0.717, 1.165) is 11.1 Å². The summed E-state index contributed by atoms with van der Waals surface area (Å²) in [7, 11) is 0. The predicted octanol–water partition coefficient (Wildman–Crippen LogP) is 3.30. The Morgan fingerprint density at radius 1 is 1.03 bits per heavy atom. The zero-order valence-electron chi connectivity index (χ0n) is 21.1. The van der Waals surface area contributed by atoms with Crippen molar-refractivity contribution < 1.29 is 33.3 Å². The molecule has 3 heterocycles. The molecule has 0 amide bonds. The summed E-state index contributed by atoms with van der Waals surface area (Å²) in [6, 6.07) is 11.6. The Morgan fingerprint density at radius 3 is 2.35 bits per heavy atom. The number of aryl methyl sites for hydroxylation is 1. The Bertz CT molecular complexity index is 1250. The van der Waals surface area contributed by atoms with E-state index in [1.807, 2.05) is 36.4 Å². The molecule has 1 fully saturated rings. The highest BCUT2D eigenvalue weighted by Gasteiger charge is 2.33. The van der Waals surface area contributed by atoms with E-state index in [4.69, 9.17) is 24.0 Å². The molecule has 2 aromatic heterocycles. The van der Waals surface area contributed by atoms with E-state index < -0.39 is 11.9 Å². The molecule has 1 saturated heterocycles. The van der Waals surface area contributed by atoms with Crippen LogP contribution in [-0.4, -0.2) is 74.1 Å². The Labute approximate surface area is 215 Å². The van der Waals surface area contributed by atoms with E-state index in [2.05, 4.69) is 4.90 Å². The van der Waals surface area contributed by atoms with Crippen LogP contribution in [0.1, 0.15) is 46.7 Å². The van der Waals surface area contributed by atoms with Gasteiger partial charge in [0.15, 0.2) is 0 Å². The van der Waals surface area contributed by atoms with Crippen molar-refractivity contribution in [2.45, 2.75) is 26.7 Å². The van der Waals surface area contributed by atoms with Gasteiger partial charge in [-0.15, -0.1) is 5.10 Å². The molecule has 0 radical (unpaired) electrons. The lowest BCUT2D eigenvalue weighted by atomic mass is 10.0. The second kappa shape index (κ2) is 12.4. The summed E-state index contributed by atoms with van der Waals surface area (Å²) < 4.78 is 22.9. The highest BCUT2D eigenvalue weighted by molar-refractivity contribution is 6.12. The molecular weight excluding hydrogens is 478 g/mol. The topological polar surface area (TPSA) is 109 Å². The number of aromatic nitrogens is 2. The number of hydrogen-bond acceptors (Lipinski definition) is 9. The van der Waals surface area contributed by atoms with Crippen molar-refractivity contribution in [3.05, 3.63) is 53.2 Å². The second-order valence-electron chi connectivity index (χ2n) is 8.35. The maximum Gasteiger partial charge on any atom is 0.341 e. The van der Waals surface area contributed by atoms with Crippen molar-refractivity contribution >= 4 is 29.7 Å². The van der Waals surface area contributed by atoms with Crippen LogP contribution in [0, 0.1) is 0 Å². The fourth-order valence-electron chi connectivity index (χ4n) is 4.51. The second-order valence-corrected chi connectivity index (χ2v) is 8.35. The van der Waals surface area contributed by atoms with E-state index in [1.165, 1.54) is 0 Å². The van der Waals surface area contributed by atoms with Gasteiger partial charge in [-0.05, 0) is 38.3 Å². The number of nitrogens with zero attached hydrogens (tertiary/aromatic N) is 3. The molecule has 1 aromatic carbocycles. The minimum atomic E-state index is -0.630. The molecule has 0 N–H and O–H groups in total. The van der Waals surface area contributed by atoms with Crippen molar-refractivity contribution in [3.8, 4) is 11.1 Å². The van der Waals surface area contributed by atoms with Crippen LogP contribution in [0.15, 0.2) is 36.4 Å². The first kappa shape index (κ1) is 26.2. The number of carbonyl (C=O) groups is 3. The van der Waals surface area contributed by atoms with Crippen molar-refractivity contribution in [1.82, 2.24) is 9.61 Å². The van der Waals surface area contributed by atoms with E-state index in [-0.39, 0.29) is 30.9 Å². The predicted molar refractivity (Wildman–Crippen MR) is 136 cm³/mol. The van der Waals surface area contributed by atoms with Crippen LogP contribution >= 0.6 is 0 Å². The normalized spacial score (nSPS) is 13.4. The molecule has 3 aromatic rings. The van der Waals surface area contributed by atoms with E-state index >= 15 is 0 Å². The lowest BCUT2D eigenvalue weighted by molar-refractivity contribution is -0.128. The summed E-state index contributed by atoms with van der Waals surface area (Å²) >= 11 is 0. The van der Waals surface area contributed by atoms with Gasteiger partial charge in [0, 0.05) is 18.7 Å². The molecular formula is C27H31N3O7. The smallest absolute Gasteiger partial charge is 0.341 e. The van der Waals surface area contributed by atoms with Crippen LogP contribution in [0.3, 0.4) is 0 Å². The van der Waals surface area contributed by atoms with Crippen LogP contribution in [0.4, 0.5) is 5.82 Å². The van der Waals surface area contributed by atoms with Crippen LogP contribution in [0.5, 0.6) is 0 Å². The summed E-state index contributed by atoms with van der Waals surface area (Å²) in [6.07, 6.45) is 0.736. The molecule has 0 aliphatic carbocycles.